The number of nitrogens with zero attached hydrogens (tertiary/aromatic N) is 2. The Bertz CT molecular complexity index is 655. The number of thiophene rings is 1. The van der Waals surface area contributed by atoms with Gasteiger partial charge in [-0.15, -0.1) is 11.3 Å². The van der Waals surface area contributed by atoms with Gasteiger partial charge in [0.15, 0.2) is 5.78 Å². The predicted octanol–water partition coefficient (Wildman–Crippen LogP) is 2.82. The van der Waals surface area contributed by atoms with Crippen molar-refractivity contribution in [1.29, 1.82) is 0 Å². The standard InChI is InChI=1S/C13H10N2OS/c16-13(8-10-4-3-7-17-10)11-9-14-15-6-2-1-5-12(11)15/h1-7,9H,8H2. The van der Waals surface area contributed by atoms with Crippen molar-refractivity contribution in [2.75, 3.05) is 0 Å². The summed E-state index contributed by atoms with van der Waals surface area (Å²) >= 11 is 1.61. The Morgan fingerprint density at radius 2 is 2.24 bits per heavy atom. The first-order valence-electron chi connectivity index (χ1n) is 5.32. The average Bonchev–Trinajstić information content (AvgIpc) is 2.96. The largest absolute Gasteiger partial charge is 0.294 e. The lowest BCUT2D eigenvalue weighted by Gasteiger charge is -1.97. The summed E-state index contributed by atoms with van der Waals surface area (Å²) in [6.07, 6.45) is 3.94. The molecule has 0 aromatic carbocycles. The van der Waals surface area contributed by atoms with Gasteiger partial charge in [-0.1, -0.05) is 12.1 Å². The third kappa shape index (κ3) is 1.87. The molecule has 84 valence electrons. The molecule has 0 saturated heterocycles. The molecule has 0 aliphatic carbocycles. The number of pyridine rings is 1. The number of fused-ring (bicyclic) bond motifs is 1. The van der Waals surface area contributed by atoms with Crippen LogP contribution in [0.1, 0.15) is 15.2 Å². The molecule has 3 aromatic heterocycles. The molecule has 0 radical (unpaired) electrons. The van der Waals surface area contributed by atoms with Crippen molar-refractivity contribution in [3.63, 3.8) is 0 Å². The lowest BCUT2D eigenvalue weighted by Crippen LogP contribution is -2.01. The molecule has 0 bridgehead atoms. The van der Waals surface area contributed by atoms with Crippen LogP contribution in [0.2, 0.25) is 0 Å². The molecule has 3 heterocycles. The summed E-state index contributed by atoms with van der Waals surface area (Å²) in [6, 6.07) is 9.67. The maximum atomic E-state index is 12.1. The van der Waals surface area contributed by atoms with E-state index in [2.05, 4.69) is 5.10 Å². The van der Waals surface area contributed by atoms with Crippen LogP contribution in [0.5, 0.6) is 0 Å². The fourth-order valence-corrected chi connectivity index (χ4v) is 2.52. The van der Waals surface area contributed by atoms with E-state index in [1.54, 1.807) is 22.0 Å². The summed E-state index contributed by atoms with van der Waals surface area (Å²) in [7, 11) is 0. The maximum absolute atomic E-state index is 12.1. The van der Waals surface area contributed by atoms with E-state index in [9.17, 15) is 4.79 Å². The molecule has 0 spiro atoms. The third-order valence-corrected chi connectivity index (χ3v) is 3.52. The van der Waals surface area contributed by atoms with Crippen LogP contribution in [0.25, 0.3) is 5.52 Å². The summed E-state index contributed by atoms with van der Waals surface area (Å²) in [6.45, 7) is 0. The van der Waals surface area contributed by atoms with Crippen molar-refractivity contribution in [2.45, 2.75) is 6.42 Å². The van der Waals surface area contributed by atoms with Gasteiger partial charge in [0.05, 0.1) is 17.3 Å². The van der Waals surface area contributed by atoms with Crippen LogP contribution < -0.4 is 0 Å². The maximum Gasteiger partial charge on any atom is 0.171 e. The Balaban J connectivity index is 1.96. The Hall–Kier alpha value is -1.94. The number of hydrogen-bond donors (Lipinski definition) is 0. The summed E-state index contributed by atoms with van der Waals surface area (Å²) in [5, 5.41) is 6.15. The van der Waals surface area contributed by atoms with Crippen molar-refractivity contribution < 1.29 is 4.79 Å². The topological polar surface area (TPSA) is 34.4 Å². The minimum atomic E-state index is 0.119. The molecule has 0 atom stereocenters. The van der Waals surface area contributed by atoms with Crippen molar-refractivity contribution in [3.8, 4) is 0 Å². The Kier molecular flexibility index (Phi) is 2.49. The van der Waals surface area contributed by atoms with Crippen LogP contribution >= 0.6 is 11.3 Å². The van der Waals surface area contributed by atoms with E-state index in [4.69, 9.17) is 0 Å². The zero-order chi connectivity index (χ0) is 11.7. The van der Waals surface area contributed by atoms with Crippen LogP contribution in [-0.4, -0.2) is 15.4 Å². The second-order valence-corrected chi connectivity index (χ2v) is 4.80. The third-order valence-electron chi connectivity index (χ3n) is 2.64. The Morgan fingerprint density at radius 3 is 3.06 bits per heavy atom. The first-order chi connectivity index (χ1) is 8.34. The van der Waals surface area contributed by atoms with Crippen LogP contribution in [0, 0.1) is 0 Å². The molecular weight excluding hydrogens is 232 g/mol. The number of ketones is 1. The zero-order valence-electron chi connectivity index (χ0n) is 9.04. The van der Waals surface area contributed by atoms with Gasteiger partial charge in [0.25, 0.3) is 0 Å². The summed E-state index contributed by atoms with van der Waals surface area (Å²) in [5.41, 5.74) is 1.56. The fraction of sp³-hybridized carbons (Fsp3) is 0.0769. The van der Waals surface area contributed by atoms with E-state index in [0.717, 1.165) is 10.4 Å². The quantitative estimate of drug-likeness (QED) is 0.662. The highest BCUT2D eigenvalue weighted by Crippen LogP contribution is 2.16. The van der Waals surface area contributed by atoms with Crippen molar-refractivity contribution in [3.05, 3.63) is 58.5 Å². The molecule has 0 aliphatic rings. The van der Waals surface area contributed by atoms with E-state index in [0.29, 0.717) is 12.0 Å². The molecule has 0 N–H and O–H groups in total. The molecular formula is C13H10N2OS. The van der Waals surface area contributed by atoms with Crippen molar-refractivity contribution in [2.24, 2.45) is 0 Å². The SMILES string of the molecule is O=C(Cc1cccs1)c1cnn2ccccc12. The molecule has 3 nitrogen and oxygen atoms in total. The van der Waals surface area contributed by atoms with Gasteiger partial charge < -0.3 is 0 Å². The minimum Gasteiger partial charge on any atom is -0.294 e. The molecule has 0 amide bonds. The number of carbonyl (C=O) groups excluding carboxylic acids is 1. The number of Topliss-reactive ketones (excluding diaryl/α,β-unsaturated/α-hetero) is 1. The predicted molar refractivity (Wildman–Crippen MR) is 67.5 cm³/mol. The molecule has 4 heteroatoms. The fourth-order valence-electron chi connectivity index (χ4n) is 1.82. The van der Waals surface area contributed by atoms with Crippen LogP contribution in [0.4, 0.5) is 0 Å². The highest BCUT2D eigenvalue weighted by atomic mass is 32.1. The number of rotatable bonds is 3. The summed E-state index contributed by atoms with van der Waals surface area (Å²) in [5.74, 6) is 0.119. The van der Waals surface area contributed by atoms with Gasteiger partial charge >= 0.3 is 0 Å². The Morgan fingerprint density at radius 1 is 1.29 bits per heavy atom. The first kappa shape index (κ1) is 10.2. The number of carbonyl (C=O) groups is 1. The zero-order valence-corrected chi connectivity index (χ0v) is 9.85. The number of hydrogen-bond acceptors (Lipinski definition) is 3. The lowest BCUT2D eigenvalue weighted by molar-refractivity contribution is 0.0995. The molecule has 3 rings (SSSR count). The molecule has 3 aromatic rings. The van der Waals surface area contributed by atoms with Crippen LogP contribution in [0.15, 0.2) is 48.1 Å². The van der Waals surface area contributed by atoms with Gasteiger partial charge in [-0.25, -0.2) is 4.52 Å². The smallest absolute Gasteiger partial charge is 0.171 e. The van der Waals surface area contributed by atoms with Crippen LogP contribution in [-0.2, 0) is 6.42 Å². The minimum absolute atomic E-state index is 0.119. The van der Waals surface area contributed by atoms with E-state index in [1.165, 1.54) is 0 Å². The van der Waals surface area contributed by atoms with Crippen molar-refractivity contribution in [1.82, 2.24) is 9.61 Å². The average molecular weight is 242 g/mol. The summed E-state index contributed by atoms with van der Waals surface area (Å²) < 4.78 is 1.72. The lowest BCUT2D eigenvalue weighted by atomic mass is 10.1. The molecule has 0 aliphatic heterocycles. The monoisotopic (exact) mass is 242 g/mol. The number of aromatic nitrogens is 2. The Labute approximate surface area is 102 Å². The van der Waals surface area contributed by atoms with E-state index in [-0.39, 0.29) is 5.78 Å². The highest BCUT2D eigenvalue weighted by molar-refractivity contribution is 7.10. The van der Waals surface area contributed by atoms with E-state index in [1.807, 2.05) is 41.9 Å². The van der Waals surface area contributed by atoms with Gasteiger partial charge in [0, 0.05) is 17.5 Å². The van der Waals surface area contributed by atoms with Gasteiger partial charge in [0.1, 0.15) is 0 Å². The van der Waals surface area contributed by atoms with E-state index < -0.39 is 0 Å². The molecule has 17 heavy (non-hydrogen) atoms. The highest BCUT2D eigenvalue weighted by Gasteiger charge is 2.13. The second kappa shape index (κ2) is 4.14. The summed E-state index contributed by atoms with van der Waals surface area (Å²) in [4.78, 5) is 13.2. The van der Waals surface area contributed by atoms with Gasteiger partial charge in [-0.3, -0.25) is 4.79 Å². The normalized spacial score (nSPS) is 10.8. The van der Waals surface area contributed by atoms with Crippen LogP contribution in [0.3, 0.4) is 0 Å². The molecule has 0 fully saturated rings. The van der Waals surface area contributed by atoms with Gasteiger partial charge in [0.2, 0.25) is 0 Å². The van der Waals surface area contributed by atoms with Crippen molar-refractivity contribution >= 4 is 22.6 Å². The molecule has 0 saturated carbocycles. The van der Waals surface area contributed by atoms with Gasteiger partial charge in [-0.2, -0.15) is 5.10 Å². The van der Waals surface area contributed by atoms with Gasteiger partial charge in [-0.05, 0) is 23.6 Å². The second-order valence-electron chi connectivity index (χ2n) is 3.77. The first-order valence-corrected chi connectivity index (χ1v) is 6.20. The molecule has 0 unspecified atom stereocenters. The van der Waals surface area contributed by atoms with E-state index >= 15 is 0 Å².